The summed E-state index contributed by atoms with van der Waals surface area (Å²) in [4.78, 5) is 14.4. The number of aromatic nitrogens is 1. The van der Waals surface area contributed by atoms with Crippen LogP contribution in [0.5, 0.6) is 11.6 Å². The Morgan fingerprint density at radius 1 is 1.18 bits per heavy atom. The molecule has 0 atom stereocenters. The van der Waals surface area contributed by atoms with Gasteiger partial charge in [-0.2, -0.15) is 0 Å². The second-order valence-electron chi connectivity index (χ2n) is 3.55. The van der Waals surface area contributed by atoms with E-state index in [1.165, 1.54) is 6.20 Å². The maximum absolute atomic E-state index is 10.3. The largest absolute Gasteiger partial charge is 0.439 e. The second kappa shape index (κ2) is 5.12. The predicted octanol–water partition coefficient (Wildman–Crippen LogP) is 2.20. The van der Waals surface area contributed by atoms with Gasteiger partial charge in [-0.3, -0.25) is 0 Å². The van der Waals surface area contributed by atoms with E-state index in [1.54, 1.807) is 24.3 Å². The van der Waals surface area contributed by atoms with E-state index in [0.717, 1.165) is 11.8 Å². The molecule has 0 unspecified atom stereocenters. The van der Waals surface area contributed by atoms with Gasteiger partial charge in [0.1, 0.15) is 12.0 Å². The zero-order chi connectivity index (χ0) is 12.1. The van der Waals surface area contributed by atoms with Crippen LogP contribution in [0.3, 0.4) is 0 Å². The lowest BCUT2D eigenvalue weighted by Gasteiger charge is -2.05. The minimum absolute atomic E-state index is 0.417. The van der Waals surface area contributed by atoms with Crippen molar-refractivity contribution in [3.63, 3.8) is 0 Å². The van der Waals surface area contributed by atoms with Crippen LogP contribution >= 0.6 is 0 Å². The fourth-order valence-electron chi connectivity index (χ4n) is 1.36. The van der Waals surface area contributed by atoms with Gasteiger partial charge in [0.05, 0.1) is 11.9 Å². The fraction of sp³-hybridized carbons (Fsp3) is 0.0769. The van der Waals surface area contributed by atoms with Crippen molar-refractivity contribution < 1.29 is 9.53 Å². The first-order chi connectivity index (χ1) is 8.28. The van der Waals surface area contributed by atoms with E-state index < -0.39 is 0 Å². The molecular formula is C13H12N2O2. The van der Waals surface area contributed by atoms with Crippen molar-refractivity contribution in [3.8, 4) is 11.6 Å². The van der Waals surface area contributed by atoms with Crippen molar-refractivity contribution in [1.29, 1.82) is 0 Å². The maximum atomic E-state index is 10.3. The first-order valence-electron chi connectivity index (χ1n) is 5.20. The molecule has 2 rings (SSSR count). The Hall–Kier alpha value is -2.36. The molecule has 0 spiro atoms. The summed E-state index contributed by atoms with van der Waals surface area (Å²) in [5.41, 5.74) is 7.07. The molecule has 0 fully saturated rings. The van der Waals surface area contributed by atoms with Crippen LogP contribution in [0.1, 0.15) is 5.56 Å². The molecule has 0 bridgehead atoms. The lowest BCUT2D eigenvalue weighted by molar-refractivity contribution is -0.107. The van der Waals surface area contributed by atoms with Crippen LogP contribution in [-0.4, -0.2) is 11.3 Å². The Kier molecular flexibility index (Phi) is 3.35. The highest BCUT2D eigenvalue weighted by Crippen LogP contribution is 2.20. The number of ether oxygens (including phenoxy) is 1. The van der Waals surface area contributed by atoms with Gasteiger partial charge < -0.3 is 15.3 Å². The Balaban J connectivity index is 2.08. The van der Waals surface area contributed by atoms with Crippen molar-refractivity contribution >= 4 is 12.0 Å². The number of hydrogen-bond acceptors (Lipinski definition) is 4. The standard InChI is InChI=1S/C13H12N2O2/c14-11-3-6-13(15-9-11)17-12-4-1-10(2-5-12)7-8-16/h1-6,8-9H,7,14H2. The number of benzene rings is 1. The van der Waals surface area contributed by atoms with Crippen LogP contribution < -0.4 is 10.5 Å². The monoisotopic (exact) mass is 228 g/mol. The molecule has 0 saturated carbocycles. The third-order valence-corrected chi connectivity index (χ3v) is 2.22. The maximum Gasteiger partial charge on any atom is 0.219 e. The summed E-state index contributed by atoms with van der Waals surface area (Å²) < 4.78 is 5.51. The molecule has 0 saturated heterocycles. The number of pyridine rings is 1. The molecular weight excluding hydrogens is 216 g/mol. The average Bonchev–Trinajstić information content (AvgIpc) is 2.35. The summed E-state index contributed by atoms with van der Waals surface area (Å²) in [5, 5.41) is 0. The third kappa shape index (κ3) is 3.04. The van der Waals surface area contributed by atoms with E-state index in [4.69, 9.17) is 10.5 Å². The van der Waals surface area contributed by atoms with Crippen molar-refractivity contribution in [1.82, 2.24) is 4.98 Å². The van der Waals surface area contributed by atoms with Gasteiger partial charge >= 0.3 is 0 Å². The van der Waals surface area contributed by atoms with Gasteiger partial charge in [-0.25, -0.2) is 4.98 Å². The van der Waals surface area contributed by atoms with Crippen LogP contribution in [0.4, 0.5) is 5.69 Å². The molecule has 0 aliphatic rings. The van der Waals surface area contributed by atoms with Crippen LogP contribution in [-0.2, 0) is 11.2 Å². The molecule has 17 heavy (non-hydrogen) atoms. The second-order valence-corrected chi connectivity index (χ2v) is 3.55. The molecule has 86 valence electrons. The normalized spacial score (nSPS) is 9.88. The van der Waals surface area contributed by atoms with Crippen LogP contribution in [0, 0.1) is 0 Å². The van der Waals surface area contributed by atoms with E-state index in [0.29, 0.717) is 23.7 Å². The van der Waals surface area contributed by atoms with Crippen molar-refractivity contribution in [2.24, 2.45) is 0 Å². The highest BCUT2D eigenvalue weighted by Gasteiger charge is 1.98. The average molecular weight is 228 g/mol. The molecule has 0 radical (unpaired) electrons. The number of nitrogens with zero attached hydrogens (tertiary/aromatic N) is 1. The molecule has 0 amide bonds. The van der Waals surface area contributed by atoms with Gasteiger partial charge in [-0.15, -0.1) is 0 Å². The quantitative estimate of drug-likeness (QED) is 0.815. The van der Waals surface area contributed by atoms with Gasteiger partial charge in [0.15, 0.2) is 0 Å². The van der Waals surface area contributed by atoms with Crippen molar-refractivity contribution in [2.75, 3.05) is 5.73 Å². The third-order valence-electron chi connectivity index (χ3n) is 2.22. The van der Waals surface area contributed by atoms with Crippen molar-refractivity contribution in [3.05, 3.63) is 48.2 Å². The summed E-state index contributed by atoms with van der Waals surface area (Å²) >= 11 is 0. The molecule has 1 aromatic carbocycles. The fourth-order valence-corrected chi connectivity index (χ4v) is 1.36. The highest BCUT2D eigenvalue weighted by molar-refractivity contribution is 5.55. The molecule has 4 heteroatoms. The van der Waals surface area contributed by atoms with Crippen LogP contribution in [0.25, 0.3) is 0 Å². The lowest BCUT2D eigenvalue weighted by Crippen LogP contribution is -1.91. The molecule has 2 aromatic rings. The number of carbonyl (C=O) groups is 1. The Bertz CT molecular complexity index is 492. The number of aldehydes is 1. The first-order valence-corrected chi connectivity index (χ1v) is 5.20. The number of nitrogens with two attached hydrogens (primary N) is 1. The molecule has 0 aliphatic heterocycles. The zero-order valence-electron chi connectivity index (χ0n) is 9.17. The van der Waals surface area contributed by atoms with E-state index in [-0.39, 0.29) is 0 Å². The zero-order valence-corrected chi connectivity index (χ0v) is 9.17. The van der Waals surface area contributed by atoms with Crippen LogP contribution in [0.2, 0.25) is 0 Å². The van der Waals surface area contributed by atoms with Crippen LogP contribution in [0.15, 0.2) is 42.6 Å². The summed E-state index contributed by atoms with van der Waals surface area (Å²) in [6.07, 6.45) is 2.83. The summed E-state index contributed by atoms with van der Waals surface area (Å²) in [7, 11) is 0. The van der Waals surface area contributed by atoms with Gasteiger partial charge in [0.25, 0.3) is 0 Å². The number of carbonyl (C=O) groups excluding carboxylic acids is 1. The Labute approximate surface area is 99.1 Å². The minimum atomic E-state index is 0.417. The van der Waals surface area contributed by atoms with E-state index in [2.05, 4.69) is 4.98 Å². The van der Waals surface area contributed by atoms with Crippen molar-refractivity contribution in [2.45, 2.75) is 6.42 Å². The predicted molar refractivity (Wildman–Crippen MR) is 64.9 cm³/mol. The molecule has 2 N–H and O–H groups in total. The SMILES string of the molecule is Nc1ccc(Oc2ccc(CC=O)cc2)nc1. The number of anilines is 1. The first kappa shape index (κ1) is 11.1. The lowest BCUT2D eigenvalue weighted by atomic mass is 10.2. The molecule has 1 heterocycles. The van der Waals surface area contributed by atoms with Gasteiger partial charge in [0.2, 0.25) is 5.88 Å². The smallest absolute Gasteiger partial charge is 0.219 e. The Morgan fingerprint density at radius 3 is 2.53 bits per heavy atom. The summed E-state index contributed by atoms with van der Waals surface area (Å²) in [6, 6.07) is 10.7. The van der Waals surface area contributed by atoms with Gasteiger partial charge in [0, 0.05) is 12.5 Å². The molecule has 0 aliphatic carbocycles. The van der Waals surface area contributed by atoms with E-state index >= 15 is 0 Å². The summed E-state index contributed by atoms with van der Waals surface area (Å²) in [6.45, 7) is 0. The van der Waals surface area contributed by atoms with Gasteiger partial charge in [-0.1, -0.05) is 12.1 Å². The van der Waals surface area contributed by atoms with E-state index in [9.17, 15) is 4.79 Å². The molecule has 1 aromatic heterocycles. The molecule has 4 nitrogen and oxygen atoms in total. The Morgan fingerprint density at radius 2 is 1.94 bits per heavy atom. The summed E-state index contributed by atoms with van der Waals surface area (Å²) in [5.74, 6) is 1.17. The number of hydrogen-bond donors (Lipinski definition) is 1. The number of rotatable bonds is 4. The van der Waals surface area contributed by atoms with Gasteiger partial charge in [-0.05, 0) is 23.8 Å². The highest BCUT2D eigenvalue weighted by atomic mass is 16.5. The number of nitrogen functional groups attached to an aromatic ring is 1. The topological polar surface area (TPSA) is 65.2 Å². The minimum Gasteiger partial charge on any atom is -0.439 e. The van der Waals surface area contributed by atoms with E-state index in [1.807, 2.05) is 12.1 Å².